The maximum Gasteiger partial charge on any atom is 0.0558 e. The van der Waals surface area contributed by atoms with Crippen molar-refractivity contribution in [1.29, 1.82) is 0 Å². The number of benzene rings is 1. The van der Waals surface area contributed by atoms with E-state index >= 15 is 0 Å². The fourth-order valence-corrected chi connectivity index (χ4v) is 2.96. The van der Waals surface area contributed by atoms with Gasteiger partial charge in [0.05, 0.1) is 6.10 Å². The van der Waals surface area contributed by atoms with Crippen molar-refractivity contribution < 1.29 is 4.74 Å². The summed E-state index contributed by atoms with van der Waals surface area (Å²) in [7, 11) is 1.80. The zero-order valence-corrected chi connectivity index (χ0v) is 11.8. The molecule has 0 saturated heterocycles. The maximum atomic E-state index is 5.39. The fraction of sp³-hybridized carbons (Fsp3) is 0.625. The summed E-state index contributed by atoms with van der Waals surface area (Å²) in [5, 5.41) is 3.60. The lowest BCUT2D eigenvalue weighted by Gasteiger charge is -2.34. The highest BCUT2D eigenvalue weighted by molar-refractivity contribution is 5.39. The van der Waals surface area contributed by atoms with Crippen LogP contribution in [-0.2, 0) is 11.2 Å². The second-order valence-electron chi connectivity index (χ2n) is 5.37. The Morgan fingerprint density at radius 3 is 2.83 bits per heavy atom. The fourth-order valence-electron chi connectivity index (χ4n) is 2.96. The SMILES string of the molecule is CCNC(CC(C)OC)CC1Cc2ccccc21. The molecule has 0 bridgehead atoms. The predicted molar refractivity (Wildman–Crippen MR) is 76.1 cm³/mol. The van der Waals surface area contributed by atoms with Crippen molar-refractivity contribution in [2.75, 3.05) is 13.7 Å². The van der Waals surface area contributed by atoms with Crippen LogP contribution in [-0.4, -0.2) is 25.8 Å². The lowest BCUT2D eigenvalue weighted by molar-refractivity contribution is 0.0982. The molecule has 1 aromatic carbocycles. The number of fused-ring (bicyclic) bond motifs is 1. The number of methoxy groups -OCH3 is 1. The molecule has 1 aromatic rings. The van der Waals surface area contributed by atoms with Crippen molar-refractivity contribution in [3.8, 4) is 0 Å². The van der Waals surface area contributed by atoms with Crippen LogP contribution in [0.2, 0.25) is 0 Å². The third-order valence-electron chi connectivity index (χ3n) is 4.04. The summed E-state index contributed by atoms with van der Waals surface area (Å²) < 4.78 is 5.39. The Hall–Kier alpha value is -0.860. The van der Waals surface area contributed by atoms with Crippen LogP contribution in [0.4, 0.5) is 0 Å². The lowest BCUT2D eigenvalue weighted by atomic mass is 9.74. The standard InChI is InChI=1S/C16H25NO/c1-4-17-15(9-12(2)18-3)11-14-10-13-7-5-6-8-16(13)14/h5-8,12,14-15,17H,4,9-11H2,1-3H3. The molecule has 2 rings (SSSR count). The molecular formula is C16H25NO. The Morgan fingerprint density at radius 2 is 2.17 bits per heavy atom. The molecular weight excluding hydrogens is 222 g/mol. The van der Waals surface area contributed by atoms with Crippen molar-refractivity contribution in [2.45, 2.75) is 51.2 Å². The van der Waals surface area contributed by atoms with E-state index in [1.807, 2.05) is 0 Å². The molecule has 100 valence electrons. The summed E-state index contributed by atoms with van der Waals surface area (Å²) in [5.74, 6) is 0.745. The molecule has 0 aromatic heterocycles. The summed E-state index contributed by atoms with van der Waals surface area (Å²) in [6, 6.07) is 9.41. The first-order chi connectivity index (χ1) is 8.74. The number of rotatable bonds is 7. The highest BCUT2D eigenvalue weighted by Gasteiger charge is 2.28. The van der Waals surface area contributed by atoms with Gasteiger partial charge in [0, 0.05) is 13.2 Å². The lowest BCUT2D eigenvalue weighted by Crippen LogP contribution is -2.35. The van der Waals surface area contributed by atoms with Crippen molar-refractivity contribution in [2.24, 2.45) is 0 Å². The van der Waals surface area contributed by atoms with Crippen LogP contribution in [0.15, 0.2) is 24.3 Å². The Morgan fingerprint density at radius 1 is 1.39 bits per heavy atom. The van der Waals surface area contributed by atoms with Crippen LogP contribution in [0, 0.1) is 0 Å². The number of hydrogen-bond donors (Lipinski definition) is 1. The minimum absolute atomic E-state index is 0.337. The van der Waals surface area contributed by atoms with E-state index in [2.05, 4.69) is 43.4 Å². The van der Waals surface area contributed by atoms with Crippen molar-refractivity contribution in [3.63, 3.8) is 0 Å². The van der Waals surface area contributed by atoms with E-state index < -0.39 is 0 Å². The van der Waals surface area contributed by atoms with Crippen LogP contribution in [0.1, 0.15) is 43.7 Å². The Bertz CT molecular complexity index is 377. The quantitative estimate of drug-likeness (QED) is 0.799. The normalized spacial score (nSPS) is 20.9. The summed E-state index contributed by atoms with van der Waals surface area (Å²) >= 11 is 0. The Balaban J connectivity index is 1.90. The average Bonchev–Trinajstić information content (AvgIpc) is 2.36. The third-order valence-corrected chi connectivity index (χ3v) is 4.04. The molecule has 0 amide bonds. The average molecular weight is 247 g/mol. The molecule has 2 nitrogen and oxygen atoms in total. The van der Waals surface area contributed by atoms with E-state index in [4.69, 9.17) is 4.74 Å². The van der Waals surface area contributed by atoms with Crippen molar-refractivity contribution in [3.05, 3.63) is 35.4 Å². The van der Waals surface area contributed by atoms with Crippen LogP contribution in [0.25, 0.3) is 0 Å². The first-order valence-corrected chi connectivity index (χ1v) is 7.08. The molecule has 0 radical (unpaired) electrons. The number of hydrogen-bond acceptors (Lipinski definition) is 2. The van der Waals surface area contributed by atoms with E-state index in [9.17, 15) is 0 Å². The van der Waals surface area contributed by atoms with Gasteiger partial charge in [0.25, 0.3) is 0 Å². The van der Waals surface area contributed by atoms with Gasteiger partial charge in [-0.1, -0.05) is 31.2 Å². The Kier molecular flexibility index (Phi) is 4.79. The van der Waals surface area contributed by atoms with E-state index in [0.717, 1.165) is 18.9 Å². The first kappa shape index (κ1) is 13.6. The molecule has 0 fully saturated rings. The molecule has 1 aliphatic carbocycles. The summed E-state index contributed by atoms with van der Waals surface area (Å²) in [6.45, 7) is 5.37. The molecule has 3 unspecified atom stereocenters. The first-order valence-electron chi connectivity index (χ1n) is 7.08. The van der Waals surface area contributed by atoms with Crippen LogP contribution >= 0.6 is 0 Å². The monoisotopic (exact) mass is 247 g/mol. The van der Waals surface area contributed by atoms with E-state index in [1.165, 1.54) is 18.4 Å². The second kappa shape index (κ2) is 6.35. The van der Waals surface area contributed by atoms with E-state index in [-0.39, 0.29) is 0 Å². The van der Waals surface area contributed by atoms with Crippen molar-refractivity contribution >= 4 is 0 Å². The molecule has 1 aliphatic rings. The molecule has 2 heteroatoms. The van der Waals surface area contributed by atoms with Gasteiger partial charge < -0.3 is 10.1 Å². The van der Waals surface area contributed by atoms with E-state index in [0.29, 0.717) is 12.1 Å². The smallest absolute Gasteiger partial charge is 0.0558 e. The van der Waals surface area contributed by atoms with Gasteiger partial charge in [-0.2, -0.15) is 0 Å². The van der Waals surface area contributed by atoms with Gasteiger partial charge in [0.2, 0.25) is 0 Å². The minimum atomic E-state index is 0.337. The molecule has 0 heterocycles. The van der Waals surface area contributed by atoms with Crippen LogP contribution in [0.3, 0.4) is 0 Å². The zero-order valence-electron chi connectivity index (χ0n) is 11.8. The van der Waals surface area contributed by atoms with Gasteiger partial charge in [-0.3, -0.25) is 0 Å². The predicted octanol–water partition coefficient (Wildman–Crippen LogP) is 3.12. The third kappa shape index (κ3) is 3.12. The van der Waals surface area contributed by atoms with E-state index in [1.54, 1.807) is 12.7 Å². The largest absolute Gasteiger partial charge is 0.382 e. The van der Waals surface area contributed by atoms with Gasteiger partial charge in [-0.25, -0.2) is 0 Å². The van der Waals surface area contributed by atoms with Gasteiger partial charge in [-0.05, 0) is 49.8 Å². The highest BCUT2D eigenvalue weighted by Crippen LogP contribution is 2.38. The topological polar surface area (TPSA) is 21.3 Å². The van der Waals surface area contributed by atoms with Gasteiger partial charge >= 0.3 is 0 Å². The summed E-state index contributed by atoms with van der Waals surface area (Å²) in [5.41, 5.74) is 3.10. The van der Waals surface area contributed by atoms with Gasteiger partial charge in [-0.15, -0.1) is 0 Å². The van der Waals surface area contributed by atoms with Gasteiger partial charge in [0.1, 0.15) is 0 Å². The molecule has 18 heavy (non-hydrogen) atoms. The summed E-state index contributed by atoms with van der Waals surface area (Å²) in [4.78, 5) is 0. The number of ether oxygens (including phenoxy) is 1. The molecule has 1 N–H and O–H groups in total. The van der Waals surface area contributed by atoms with Crippen LogP contribution in [0.5, 0.6) is 0 Å². The zero-order chi connectivity index (χ0) is 13.0. The highest BCUT2D eigenvalue weighted by atomic mass is 16.5. The number of nitrogens with one attached hydrogen (secondary N) is 1. The van der Waals surface area contributed by atoms with Crippen LogP contribution < -0.4 is 5.32 Å². The molecule has 0 saturated carbocycles. The molecule has 0 aliphatic heterocycles. The Labute approximate surface area is 111 Å². The van der Waals surface area contributed by atoms with Gasteiger partial charge in [0.15, 0.2) is 0 Å². The van der Waals surface area contributed by atoms with Crippen molar-refractivity contribution in [1.82, 2.24) is 5.32 Å². The maximum absolute atomic E-state index is 5.39. The second-order valence-corrected chi connectivity index (χ2v) is 5.37. The minimum Gasteiger partial charge on any atom is -0.382 e. The molecule has 0 spiro atoms. The summed E-state index contributed by atoms with van der Waals surface area (Å²) in [6.07, 6.45) is 3.92. The molecule has 3 atom stereocenters.